The van der Waals surface area contributed by atoms with Gasteiger partial charge in [0.05, 0.1) is 6.61 Å². The molecule has 0 radical (unpaired) electrons. The number of oxime groups is 1. The fourth-order valence-electron chi connectivity index (χ4n) is 1.24. The molecule has 2 N–H and O–H groups in total. The Morgan fingerprint density at radius 2 is 2.00 bits per heavy atom. The number of rotatable bonds is 7. The molecule has 92 valence electrons. The molecule has 0 heterocycles. The predicted octanol–water partition coefficient (Wildman–Crippen LogP) is 1.07. The van der Waals surface area contributed by atoms with Crippen LogP contribution < -0.4 is 0 Å². The van der Waals surface area contributed by atoms with Crippen LogP contribution in [0.5, 0.6) is 0 Å². The zero-order chi connectivity index (χ0) is 12.5. The molecule has 0 amide bonds. The second kappa shape index (κ2) is 7.40. The van der Waals surface area contributed by atoms with Crippen LogP contribution in [0.3, 0.4) is 0 Å². The highest BCUT2D eigenvalue weighted by Crippen LogP contribution is 2.02. The molecule has 17 heavy (non-hydrogen) atoms. The van der Waals surface area contributed by atoms with E-state index >= 15 is 0 Å². The predicted molar refractivity (Wildman–Crippen MR) is 62.9 cm³/mol. The third-order valence-corrected chi connectivity index (χ3v) is 2.12. The number of aryl methyl sites for hydroxylation is 1. The summed E-state index contributed by atoms with van der Waals surface area (Å²) >= 11 is 0. The molecule has 0 spiro atoms. The summed E-state index contributed by atoms with van der Waals surface area (Å²) in [5.41, 5.74) is 0.811. The number of hydrogen-bond acceptors (Lipinski definition) is 4. The van der Waals surface area contributed by atoms with Gasteiger partial charge in [0.25, 0.3) is 0 Å². The Labute approximate surface area is 99.3 Å². The van der Waals surface area contributed by atoms with Crippen LogP contribution in [-0.2, 0) is 16.1 Å². The maximum atomic E-state index is 10.4. The largest absolute Gasteiger partial charge is 0.477 e. The minimum Gasteiger partial charge on any atom is -0.477 e. The van der Waals surface area contributed by atoms with Gasteiger partial charge in [-0.1, -0.05) is 35.5 Å². The van der Waals surface area contributed by atoms with E-state index in [1.165, 1.54) is 5.56 Å². The van der Waals surface area contributed by atoms with Crippen LogP contribution in [0.25, 0.3) is 0 Å². The number of benzene rings is 1. The van der Waals surface area contributed by atoms with Gasteiger partial charge in [-0.2, -0.15) is 0 Å². The molecule has 1 aromatic carbocycles. The summed E-state index contributed by atoms with van der Waals surface area (Å²) in [6.07, 6.45) is 1.59. The summed E-state index contributed by atoms with van der Waals surface area (Å²) in [5, 5.41) is 20.5. The Bertz CT molecular complexity index is 375. The summed E-state index contributed by atoms with van der Waals surface area (Å²) < 4.78 is 0. The number of aliphatic carboxylic acids is 1. The fourth-order valence-corrected chi connectivity index (χ4v) is 1.24. The average Bonchev–Trinajstić information content (AvgIpc) is 2.34. The molecule has 1 aromatic rings. The quantitative estimate of drug-likeness (QED) is 0.422. The van der Waals surface area contributed by atoms with E-state index in [-0.39, 0.29) is 5.71 Å². The summed E-state index contributed by atoms with van der Waals surface area (Å²) in [6, 6.07) is 9.90. The molecule has 0 fully saturated rings. The van der Waals surface area contributed by atoms with Crippen LogP contribution in [-0.4, -0.2) is 35.1 Å². The summed E-state index contributed by atoms with van der Waals surface area (Å²) in [5.74, 6) is -1.27. The van der Waals surface area contributed by atoms with E-state index in [1.54, 1.807) is 0 Å². The molecule has 0 aliphatic carbocycles. The fraction of sp³-hybridized carbons (Fsp3) is 0.333. The van der Waals surface area contributed by atoms with Gasteiger partial charge in [0, 0.05) is 0 Å². The number of hydrogen-bond donors (Lipinski definition) is 2. The third kappa shape index (κ3) is 5.12. The topological polar surface area (TPSA) is 79.1 Å². The van der Waals surface area contributed by atoms with E-state index in [4.69, 9.17) is 15.1 Å². The van der Waals surface area contributed by atoms with Gasteiger partial charge in [-0.3, -0.25) is 0 Å². The van der Waals surface area contributed by atoms with E-state index in [0.29, 0.717) is 6.61 Å². The van der Waals surface area contributed by atoms with Gasteiger partial charge >= 0.3 is 5.97 Å². The van der Waals surface area contributed by atoms with Crippen molar-refractivity contribution in [2.45, 2.75) is 12.8 Å². The molecule has 5 heteroatoms. The average molecular weight is 237 g/mol. The van der Waals surface area contributed by atoms with Crippen molar-refractivity contribution >= 4 is 11.7 Å². The van der Waals surface area contributed by atoms with Gasteiger partial charge in [0.1, 0.15) is 6.61 Å². The van der Waals surface area contributed by atoms with Gasteiger partial charge in [0.2, 0.25) is 0 Å². The van der Waals surface area contributed by atoms with Gasteiger partial charge in [-0.05, 0) is 18.4 Å². The van der Waals surface area contributed by atoms with Crippen molar-refractivity contribution < 1.29 is 19.8 Å². The molecule has 1 rings (SSSR count). The third-order valence-electron chi connectivity index (χ3n) is 2.12. The molecule has 0 saturated heterocycles. The van der Waals surface area contributed by atoms with Crippen LogP contribution >= 0.6 is 0 Å². The standard InChI is InChI=1S/C12H15NO4/c14-9-11(12(15)16)13-17-8-4-7-10-5-2-1-3-6-10/h1-3,5-6,14H,4,7-9H2,(H,15,16)/b13-11-. The van der Waals surface area contributed by atoms with Gasteiger partial charge < -0.3 is 15.1 Å². The maximum Gasteiger partial charge on any atom is 0.356 e. The zero-order valence-electron chi connectivity index (χ0n) is 9.37. The van der Waals surface area contributed by atoms with Crippen molar-refractivity contribution in [3.8, 4) is 0 Å². The molecule has 0 unspecified atom stereocenters. The van der Waals surface area contributed by atoms with E-state index in [1.807, 2.05) is 30.3 Å². The zero-order valence-corrected chi connectivity index (χ0v) is 9.37. The number of carboxylic acids is 1. The van der Waals surface area contributed by atoms with Crippen LogP contribution in [0.4, 0.5) is 0 Å². The highest BCUT2D eigenvalue weighted by molar-refractivity contribution is 6.35. The first kappa shape index (κ1) is 13.2. The minimum atomic E-state index is -1.27. The Hall–Kier alpha value is -1.88. The number of aliphatic hydroxyl groups is 1. The number of carbonyl (C=O) groups is 1. The van der Waals surface area contributed by atoms with E-state index < -0.39 is 12.6 Å². The first-order valence-corrected chi connectivity index (χ1v) is 5.31. The lowest BCUT2D eigenvalue weighted by Crippen LogP contribution is -2.17. The highest BCUT2D eigenvalue weighted by atomic mass is 16.6. The number of nitrogens with zero attached hydrogens (tertiary/aromatic N) is 1. The second-order valence-electron chi connectivity index (χ2n) is 3.42. The lowest BCUT2D eigenvalue weighted by Gasteiger charge is -2.01. The summed E-state index contributed by atoms with van der Waals surface area (Å²) in [6.45, 7) is -0.306. The van der Waals surface area contributed by atoms with Crippen LogP contribution in [0.2, 0.25) is 0 Å². The van der Waals surface area contributed by atoms with Crippen LogP contribution in [0.1, 0.15) is 12.0 Å². The van der Waals surface area contributed by atoms with Crippen LogP contribution in [0.15, 0.2) is 35.5 Å². The number of carboxylic acid groups (broad SMARTS) is 1. The van der Waals surface area contributed by atoms with Gasteiger partial charge in [-0.15, -0.1) is 0 Å². The van der Waals surface area contributed by atoms with E-state index in [0.717, 1.165) is 12.8 Å². The van der Waals surface area contributed by atoms with Crippen molar-refractivity contribution in [2.75, 3.05) is 13.2 Å². The van der Waals surface area contributed by atoms with E-state index in [2.05, 4.69) is 5.16 Å². The SMILES string of the molecule is O=C(O)/C(CO)=N\OCCCc1ccccc1. The Morgan fingerprint density at radius 1 is 1.29 bits per heavy atom. The molecule has 0 aliphatic heterocycles. The molecule has 0 atom stereocenters. The summed E-state index contributed by atoms with van der Waals surface area (Å²) in [4.78, 5) is 15.3. The van der Waals surface area contributed by atoms with Crippen molar-refractivity contribution in [3.63, 3.8) is 0 Å². The van der Waals surface area contributed by atoms with Crippen LogP contribution in [0, 0.1) is 0 Å². The monoisotopic (exact) mass is 237 g/mol. The minimum absolute atomic E-state index is 0.325. The second-order valence-corrected chi connectivity index (χ2v) is 3.42. The Kier molecular flexibility index (Phi) is 5.74. The summed E-state index contributed by atoms with van der Waals surface area (Å²) in [7, 11) is 0. The van der Waals surface area contributed by atoms with Crippen molar-refractivity contribution in [2.24, 2.45) is 5.16 Å². The van der Waals surface area contributed by atoms with Gasteiger partial charge in [0.15, 0.2) is 5.71 Å². The molecule has 0 saturated carbocycles. The van der Waals surface area contributed by atoms with Crippen molar-refractivity contribution in [1.29, 1.82) is 0 Å². The van der Waals surface area contributed by atoms with E-state index in [9.17, 15) is 4.79 Å². The Morgan fingerprint density at radius 3 is 2.59 bits per heavy atom. The lowest BCUT2D eigenvalue weighted by molar-refractivity contribution is -0.129. The molecular formula is C12H15NO4. The van der Waals surface area contributed by atoms with Crippen molar-refractivity contribution in [1.82, 2.24) is 0 Å². The molecule has 0 bridgehead atoms. The first-order chi connectivity index (χ1) is 8.24. The molecular weight excluding hydrogens is 222 g/mol. The lowest BCUT2D eigenvalue weighted by atomic mass is 10.1. The smallest absolute Gasteiger partial charge is 0.356 e. The molecule has 5 nitrogen and oxygen atoms in total. The van der Waals surface area contributed by atoms with Gasteiger partial charge in [-0.25, -0.2) is 4.79 Å². The maximum absolute atomic E-state index is 10.4. The highest BCUT2D eigenvalue weighted by Gasteiger charge is 2.07. The van der Waals surface area contributed by atoms with Crippen molar-refractivity contribution in [3.05, 3.63) is 35.9 Å². The molecule has 0 aromatic heterocycles. The number of aliphatic hydroxyl groups excluding tert-OH is 1. The first-order valence-electron chi connectivity index (χ1n) is 5.31. The normalized spacial score (nSPS) is 11.2. The molecule has 0 aliphatic rings. The Balaban J connectivity index is 2.23.